The highest BCUT2D eigenvalue weighted by molar-refractivity contribution is 7.97. The van der Waals surface area contributed by atoms with Gasteiger partial charge in [-0.2, -0.15) is 11.8 Å². The number of hydrogen-bond acceptors (Lipinski definition) is 3. The molecule has 3 rings (SSSR count). The number of amides is 1. The van der Waals surface area contributed by atoms with Crippen LogP contribution in [0.4, 0.5) is 0 Å². The second-order valence-electron chi connectivity index (χ2n) is 5.72. The predicted octanol–water partition coefficient (Wildman–Crippen LogP) is 4.45. The number of carbonyl (C=O) groups excluding carboxylic acids is 1. The summed E-state index contributed by atoms with van der Waals surface area (Å²) in [6, 6.07) is 22.1. The van der Waals surface area contributed by atoms with Gasteiger partial charge in [0.2, 0.25) is 0 Å². The summed E-state index contributed by atoms with van der Waals surface area (Å²) in [4.78, 5) is 16.2. The number of benzene rings is 2. The van der Waals surface area contributed by atoms with Gasteiger partial charge in [0.05, 0.1) is 0 Å². The summed E-state index contributed by atoms with van der Waals surface area (Å²) in [5, 5.41) is 2.92. The second-order valence-corrected chi connectivity index (χ2v) is 6.70. The van der Waals surface area contributed by atoms with Crippen molar-refractivity contribution in [1.29, 1.82) is 0 Å². The zero-order valence-electron chi connectivity index (χ0n) is 13.9. The maximum Gasteiger partial charge on any atom is 0.251 e. The largest absolute Gasteiger partial charge is 0.348 e. The van der Waals surface area contributed by atoms with Crippen LogP contribution in [-0.2, 0) is 18.1 Å². The molecule has 1 amide bonds. The number of aromatic nitrogens is 1. The molecule has 0 aliphatic carbocycles. The SMILES string of the molecule is O=C(NCc1cccnc1)c1ccc(CSCc2ccccc2)cc1. The number of nitrogens with one attached hydrogen (secondary N) is 1. The Balaban J connectivity index is 1.47. The molecule has 1 heterocycles. The van der Waals surface area contributed by atoms with Crippen LogP contribution in [0, 0.1) is 0 Å². The number of nitrogens with zero attached hydrogens (tertiary/aromatic N) is 1. The van der Waals surface area contributed by atoms with Gasteiger partial charge in [0.15, 0.2) is 0 Å². The average molecular weight is 348 g/mol. The molecule has 0 bridgehead atoms. The van der Waals surface area contributed by atoms with E-state index in [4.69, 9.17) is 0 Å². The van der Waals surface area contributed by atoms with Crippen molar-refractivity contribution in [3.8, 4) is 0 Å². The lowest BCUT2D eigenvalue weighted by molar-refractivity contribution is 0.0951. The lowest BCUT2D eigenvalue weighted by Gasteiger charge is -2.06. The van der Waals surface area contributed by atoms with E-state index in [9.17, 15) is 4.79 Å². The summed E-state index contributed by atoms with van der Waals surface area (Å²) >= 11 is 1.87. The zero-order chi connectivity index (χ0) is 17.3. The Kier molecular flexibility index (Phi) is 6.23. The molecule has 0 aliphatic heterocycles. The van der Waals surface area contributed by atoms with Crippen LogP contribution in [0.5, 0.6) is 0 Å². The molecule has 25 heavy (non-hydrogen) atoms. The molecule has 2 aromatic carbocycles. The Labute approximate surface area is 152 Å². The number of carbonyl (C=O) groups is 1. The van der Waals surface area contributed by atoms with E-state index >= 15 is 0 Å². The summed E-state index contributed by atoms with van der Waals surface area (Å²) < 4.78 is 0. The van der Waals surface area contributed by atoms with Crippen LogP contribution in [0.3, 0.4) is 0 Å². The Morgan fingerprint density at radius 2 is 1.52 bits per heavy atom. The summed E-state index contributed by atoms with van der Waals surface area (Å²) in [5.74, 6) is 1.87. The van der Waals surface area contributed by atoms with Crippen LogP contribution in [0.1, 0.15) is 27.0 Å². The van der Waals surface area contributed by atoms with E-state index in [1.165, 1.54) is 11.1 Å². The average Bonchev–Trinajstić information content (AvgIpc) is 2.68. The number of rotatable bonds is 7. The van der Waals surface area contributed by atoms with Crippen molar-refractivity contribution in [2.75, 3.05) is 0 Å². The Hall–Kier alpha value is -2.59. The molecule has 1 aromatic heterocycles. The van der Waals surface area contributed by atoms with Crippen molar-refractivity contribution in [3.05, 3.63) is 101 Å². The molecule has 0 spiro atoms. The van der Waals surface area contributed by atoms with E-state index in [0.717, 1.165) is 17.1 Å². The molecular formula is C21H20N2OS. The van der Waals surface area contributed by atoms with E-state index in [-0.39, 0.29) is 5.91 Å². The van der Waals surface area contributed by atoms with Crippen LogP contribution in [0.2, 0.25) is 0 Å². The summed E-state index contributed by atoms with van der Waals surface area (Å²) in [6.45, 7) is 0.487. The molecule has 3 aromatic rings. The van der Waals surface area contributed by atoms with Gasteiger partial charge in [0.1, 0.15) is 0 Å². The first-order chi connectivity index (χ1) is 12.3. The molecule has 0 atom stereocenters. The van der Waals surface area contributed by atoms with Crippen molar-refractivity contribution in [2.24, 2.45) is 0 Å². The molecule has 3 nitrogen and oxygen atoms in total. The third-order valence-electron chi connectivity index (χ3n) is 3.77. The summed E-state index contributed by atoms with van der Waals surface area (Å²) in [7, 11) is 0. The van der Waals surface area contributed by atoms with Crippen molar-refractivity contribution < 1.29 is 4.79 Å². The maximum atomic E-state index is 12.2. The molecule has 126 valence electrons. The monoisotopic (exact) mass is 348 g/mol. The molecule has 0 fully saturated rings. The van der Waals surface area contributed by atoms with Gasteiger partial charge in [0, 0.05) is 36.0 Å². The smallest absolute Gasteiger partial charge is 0.251 e. The highest BCUT2D eigenvalue weighted by Gasteiger charge is 2.05. The van der Waals surface area contributed by atoms with Crippen molar-refractivity contribution in [3.63, 3.8) is 0 Å². The van der Waals surface area contributed by atoms with E-state index in [1.54, 1.807) is 12.4 Å². The fourth-order valence-corrected chi connectivity index (χ4v) is 3.36. The van der Waals surface area contributed by atoms with Gasteiger partial charge in [-0.25, -0.2) is 0 Å². The molecule has 0 radical (unpaired) electrons. The van der Waals surface area contributed by atoms with Gasteiger partial charge in [-0.3, -0.25) is 9.78 Å². The molecule has 0 unspecified atom stereocenters. The Morgan fingerprint density at radius 1 is 0.840 bits per heavy atom. The van der Waals surface area contributed by atoms with Crippen LogP contribution < -0.4 is 5.32 Å². The standard InChI is InChI=1S/C21H20N2OS/c24-21(23-14-19-7-4-12-22-13-19)20-10-8-18(9-11-20)16-25-15-17-5-2-1-3-6-17/h1-13H,14-16H2,(H,23,24). The fraction of sp³-hybridized carbons (Fsp3) is 0.143. The van der Waals surface area contributed by atoms with E-state index in [2.05, 4.69) is 34.6 Å². The quantitative estimate of drug-likeness (QED) is 0.686. The third kappa shape index (κ3) is 5.47. The first-order valence-electron chi connectivity index (χ1n) is 8.19. The fourth-order valence-electron chi connectivity index (χ4n) is 2.40. The first-order valence-corrected chi connectivity index (χ1v) is 9.34. The Morgan fingerprint density at radius 3 is 2.20 bits per heavy atom. The normalized spacial score (nSPS) is 10.4. The van der Waals surface area contributed by atoms with Crippen molar-refractivity contribution >= 4 is 17.7 Å². The van der Waals surface area contributed by atoms with Gasteiger partial charge in [-0.1, -0.05) is 48.5 Å². The first kappa shape index (κ1) is 17.2. The van der Waals surface area contributed by atoms with Crippen molar-refractivity contribution in [1.82, 2.24) is 10.3 Å². The third-order valence-corrected chi connectivity index (χ3v) is 4.85. The molecule has 0 saturated carbocycles. The van der Waals surface area contributed by atoms with Gasteiger partial charge < -0.3 is 5.32 Å². The minimum absolute atomic E-state index is 0.0626. The predicted molar refractivity (Wildman–Crippen MR) is 103 cm³/mol. The van der Waals surface area contributed by atoms with Crippen LogP contribution in [-0.4, -0.2) is 10.9 Å². The lowest BCUT2D eigenvalue weighted by atomic mass is 10.1. The van der Waals surface area contributed by atoms with Crippen LogP contribution in [0.25, 0.3) is 0 Å². The highest BCUT2D eigenvalue weighted by Crippen LogP contribution is 2.18. The zero-order valence-corrected chi connectivity index (χ0v) is 14.7. The van der Waals surface area contributed by atoms with Gasteiger partial charge >= 0.3 is 0 Å². The van der Waals surface area contributed by atoms with E-state index < -0.39 is 0 Å². The molecule has 4 heteroatoms. The van der Waals surface area contributed by atoms with Gasteiger partial charge in [-0.05, 0) is 34.9 Å². The number of pyridine rings is 1. The van der Waals surface area contributed by atoms with Crippen LogP contribution >= 0.6 is 11.8 Å². The minimum atomic E-state index is -0.0626. The summed E-state index contributed by atoms with van der Waals surface area (Å²) in [5.41, 5.74) is 4.23. The van der Waals surface area contributed by atoms with Gasteiger partial charge in [-0.15, -0.1) is 0 Å². The number of thioether (sulfide) groups is 1. The second kappa shape index (κ2) is 9.04. The number of hydrogen-bond donors (Lipinski definition) is 1. The maximum absolute atomic E-state index is 12.2. The summed E-state index contributed by atoms with van der Waals surface area (Å²) in [6.07, 6.45) is 3.48. The van der Waals surface area contributed by atoms with E-state index in [0.29, 0.717) is 12.1 Å². The molecule has 1 N–H and O–H groups in total. The molecule has 0 saturated heterocycles. The molecular weight excluding hydrogens is 328 g/mol. The highest BCUT2D eigenvalue weighted by atomic mass is 32.2. The molecule has 0 aliphatic rings. The minimum Gasteiger partial charge on any atom is -0.348 e. The lowest BCUT2D eigenvalue weighted by Crippen LogP contribution is -2.22. The Bertz CT molecular complexity index is 789. The van der Waals surface area contributed by atoms with Crippen molar-refractivity contribution in [2.45, 2.75) is 18.1 Å². The topological polar surface area (TPSA) is 42.0 Å². The van der Waals surface area contributed by atoms with Gasteiger partial charge in [0.25, 0.3) is 5.91 Å². The van der Waals surface area contributed by atoms with Crippen LogP contribution in [0.15, 0.2) is 79.1 Å². The van der Waals surface area contributed by atoms with E-state index in [1.807, 2.05) is 54.2 Å².